The Morgan fingerprint density at radius 3 is 2.00 bits per heavy atom. The Balaban J connectivity index is 2.39. The SMILES string of the molecule is ClC1CC(I)CC1I. The fraction of sp³-hybridized carbons (Fsp3) is 1.00. The first-order valence-electron chi connectivity index (χ1n) is 2.62. The maximum absolute atomic E-state index is 5.95. The van der Waals surface area contributed by atoms with Gasteiger partial charge in [0.2, 0.25) is 0 Å². The molecule has 0 bridgehead atoms. The van der Waals surface area contributed by atoms with E-state index in [-0.39, 0.29) is 0 Å². The van der Waals surface area contributed by atoms with Crippen LogP contribution in [0.15, 0.2) is 0 Å². The molecule has 3 atom stereocenters. The number of hydrogen-bond donors (Lipinski definition) is 0. The Bertz CT molecular complexity index is 76.5. The summed E-state index contributed by atoms with van der Waals surface area (Å²) >= 11 is 10.9. The molecule has 1 rings (SSSR count). The average molecular weight is 356 g/mol. The van der Waals surface area contributed by atoms with Gasteiger partial charge in [-0.25, -0.2) is 0 Å². The maximum Gasteiger partial charge on any atom is 0.0464 e. The van der Waals surface area contributed by atoms with Crippen LogP contribution in [0, 0.1) is 0 Å². The molecule has 0 heterocycles. The van der Waals surface area contributed by atoms with Gasteiger partial charge in [-0.15, -0.1) is 11.6 Å². The van der Waals surface area contributed by atoms with Gasteiger partial charge in [0, 0.05) is 13.2 Å². The molecule has 0 aliphatic heterocycles. The summed E-state index contributed by atoms with van der Waals surface area (Å²) in [4.78, 5) is 0. The van der Waals surface area contributed by atoms with Crippen LogP contribution in [-0.4, -0.2) is 13.2 Å². The van der Waals surface area contributed by atoms with Crippen LogP contribution in [0.5, 0.6) is 0 Å². The van der Waals surface area contributed by atoms with Gasteiger partial charge in [-0.2, -0.15) is 0 Å². The van der Waals surface area contributed by atoms with Gasteiger partial charge in [-0.05, 0) is 12.8 Å². The Hall–Kier alpha value is 1.75. The minimum absolute atomic E-state index is 0.442. The van der Waals surface area contributed by atoms with Crippen LogP contribution < -0.4 is 0 Å². The molecule has 0 radical (unpaired) electrons. The molecule has 8 heavy (non-hydrogen) atoms. The Kier molecular flexibility index (Phi) is 3.17. The van der Waals surface area contributed by atoms with E-state index in [0.29, 0.717) is 5.38 Å². The van der Waals surface area contributed by atoms with E-state index < -0.39 is 0 Å². The smallest absolute Gasteiger partial charge is 0.0464 e. The Morgan fingerprint density at radius 2 is 1.88 bits per heavy atom. The van der Waals surface area contributed by atoms with Crippen molar-refractivity contribution in [3.05, 3.63) is 0 Å². The molecule has 1 aliphatic carbocycles. The summed E-state index contributed by atoms with van der Waals surface area (Å²) in [6.07, 6.45) is 2.50. The van der Waals surface area contributed by atoms with Crippen LogP contribution in [0.4, 0.5) is 0 Å². The Morgan fingerprint density at radius 1 is 1.25 bits per heavy atom. The maximum atomic E-state index is 5.95. The fourth-order valence-electron chi connectivity index (χ4n) is 0.880. The van der Waals surface area contributed by atoms with Crippen LogP contribution in [-0.2, 0) is 0 Å². The molecule has 0 aromatic carbocycles. The topological polar surface area (TPSA) is 0 Å². The van der Waals surface area contributed by atoms with Crippen molar-refractivity contribution in [3.63, 3.8) is 0 Å². The lowest BCUT2D eigenvalue weighted by Crippen LogP contribution is -2.02. The molecule has 0 aromatic heterocycles. The second-order valence-electron chi connectivity index (χ2n) is 2.10. The molecular formula is C5H7ClI2. The molecule has 0 N–H and O–H groups in total. The Labute approximate surface area is 82.0 Å². The summed E-state index contributed by atoms with van der Waals surface area (Å²) in [5.74, 6) is 0. The normalized spacial score (nSPS) is 47.6. The monoisotopic (exact) mass is 356 g/mol. The second-order valence-corrected chi connectivity index (χ2v) is 6.02. The predicted octanol–water partition coefficient (Wildman–Crippen LogP) is 2.99. The van der Waals surface area contributed by atoms with Gasteiger partial charge in [-0.3, -0.25) is 0 Å². The minimum Gasteiger partial charge on any atom is -0.122 e. The molecule has 3 unspecified atom stereocenters. The number of alkyl halides is 3. The summed E-state index contributed by atoms with van der Waals surface area (Å²) in [5.41, 5.74) is 0. The van der Waals surface area contributed by atoms with Crippen LogP contribution in [0.3, 0.4) is 0 Å². The van der Waals surface area contributed by atoms with Crippen LogP contribution >= 0.6 is 56.8 Å². The van der Waals surface area contributed by atoms with E-state index in [9.17, 15) is 0 Å². The van der Waals surface area contributed by atoms with Crippen molar-refractivity contribution in [2.24, 2.45) is 0 Å². The second kappa shape index (κ2) is 3.23. The summed E-state index contributed by atoms with van der Waals surface area (Å²) in [6.45, 7) is 0. The van der Waals surface area contributed by atoms with Crippen molar-refractivity contribution in [2.45, 2.75) is 26.1 Å². The summed E-state index contributed by atoms with van der Waals surface area (Å²) in [7, 11) is 0. The summed E-state index contributed by atoms with van der Waals surface area (Å²) in [5, 5.41) is 0.442. The average Bonchev–Trinajstić information content (AvgIpc) is 1.85. The van der Waals surface area contributed by atoms with Crippen molar-refractivity contribution >= 4 is 56.8 Å². The molecule has 0 saturated heterocycles. The van der Waals surface area contributed by atoms with Gasteiger partial charge in [0.05, 0.1) is 0 Å². The van der Waals surface area contributed by atoms with Crippen LogP contribution in [0.25, 0.3) is 0 Å². The summed E-state index contributed by atoms with van der Waals surface area (Å²) < 4.78 is 1.55. The van der Waals surface area contributed by atoms with E-state index in [2.05, 4.69) is 45.2 Å². The zero-order valence-electron chi connectivity index (χ0n) is 4.28. The molecule has 1 aliphatic rings. The quantitative estimate of drug-likeness (QED) is 0.462. The first-order valence-corrected chi connectivity index (χ1v) is 5.55. The van der Waals surface area contributed by atoms with E-state index >= 15 is 0 Å². The van der Waals surface area contributed by atoms with E-state index in [1.807, 2.05) is 0 Å². The first kappa shape index (κ1) is 7.85. The highest BCUT2D eigenvalue weighted by atomic mass is 127. The van der Waals surface area contributed by atoms with E-state index in [1.54, 1.807) is 0 Å². The predicted molar refractivity (Wildman–Crippen MR) is 54.5 cm³/mol. The van der Waals surface area contributed by atoms with Crippen molar-refractivity contribution < 1.29 is 0 Å². The lowest BCUT2D eigenvalue weighted by atomic mass is 10.4. The first-order chi connectivity index (χ1) is 3.70. The molecule has 1 saturated carbocycles. The van der Waals surface area contributed by atoms with Gasteiger partial charge in [0.1, 0.15) is 0 Å². The molecule has 48 valence electrons. The number of halogens is 3. The lowest BCUT2D eigenvalue weighted by Gasteiger charge is -2.00. The van der Waals surface area contributed by atoms with Crippen molar-refractivity contribution in [1.29, 1.82) is 0 Å². The number of hydrogen-bond acceptors (Lipinski definition) is 0. The van der Waals surface area contributed by atoms with Gasteiger partial charge in [-0.1, -0.05) is 45.2 Å². The zero-order chi connectivity index (χ0) is 6.15. The highest BCUT2D eigenvalue weighted by molar-refractivity contribution is 14.1. The van der Waals surface area contributed by atoms with Crippen molar-refractivity contribution in [1.82, 2.24) is 0 Å². The van der Waals surface area contributed by atoms with Gasteiger partial charge >= 0.3 is 0 Å². The molecule has 3 heteroatoms. The highest BCUT2D eigenvalue weighted by Crippen LogP contribution is 2.34. The van der Waals surface area contributed by atoms with Crippen molar-refractivity contribution in [2.75, 3.05) is 0 Å². The third-order valence-corrected chi connectivity index (χ3v) is 4.66. The lowest BCUT2D eigenvalue weighted by molar-refractivity contribution is 0.935. The van der Waals surface area contributed by atoms with E-state index in [4.69, 9.17) is 11.6 Å². The fourth-order valence-corrected chi connectivity index (χ4v) is 4.47. The third-order valence-electron chi connectivity index (χ3n) is 1.35. The van der Waals surface area contributed by atoms with Crippen molar-refractivity contribution in [3.8, 4) is 0 Å². The van der Waals surface area contributed by atoms with E-state index in [1.165, 1.54) is 12.8 Å². The minimum atomic E-state index is 0.442. The van der Waals surface area contributed by atoms with Crippen LogP contribution in [0.1, 0.15) is 12.8 Å². The van der Waals surface area contributed by atoms with Gasteiger partial charge in [0.25, 0.3) is 0 Å². The molecule has 1 fully saturated rings. The largest absolute Gasteiger partial charge is 0.122 e. The van der Waals surface area contributed by atoms with Gasteiger partial charge < -0.3 is 0 Å². The molecule has 0 amide bonds. The standard InChI is InChI=1S/C5H7ClI2/c6-4-1-3(7)2-5(4)8/h3-5H,1-2H2. The third kappa shape index (κ3) is 1.87. The molecule has 0 nitrogen and oxygen atoms in total. The van der Waals surface area contributed by atoms with Gasteiger partial charge in [0.15, 0.2) is 0 Å². The molecule has 0 spiro atoms. The molecular weight excluding hydrogens is 349 g/mol. The zero-order valence-corrected chi connectivity index (χ0v) is 9.35. The number of rotatable bonds is 0. The molecule has 0 aromatic rings. The van der Waals surface area contributed by atoms with E-state index in [0.717, 1.165) is 7.85 Å². The summed E-state index contributed by atoms with van der Waals surface area (Å²) in [6, 6.07) is 0. The highest BCUT2D eigenvalue weighted by Gasteiger charge is 2.28. The van der Waals surface area contributed by atoms with Crippen LogP contribution in [0.2, 0.25) is 0 Å².